The number of carbonyl (C=O) groups is 2. The lowest BCUT2D eigenvalue weighted by molar-refractivity contribution is -0.114. The van der Waals surface area contributed by atoms with Gasteiger partial charge in [0, 0.05) is 23.9 Å². The molecule has 1 aliphatic heterocycles. The molecule has 0 radical (unpaired) electrons. The molecule has 108 valence electrons. The van der Waals surface area contributed by atoms with Gasteiger partial charge in [-0.15, -0.1) is 11.3 Å². The number of fused-ring (bicyclic) bond motifs is 1. The average Bonchev–Trinajstić information content (AvgIpc) is 2.93. The van der Waals surface area contributed by atoms with Crippen LogP contribution in [0, 0.1) is 18.6 Å². The largest absolute Gasteiger partial charge is 0.302 e. The van der Waals surface area contributed by atoms with Gasteiger partial charge in [-0.3, -0.25) is 9.59 Å². The molecular formula is C14H10F2N2O2S. The molecule has 0 saturated carbocycles. The third-order valence-corrected chi connectivity index (χ3v) is 4.38. The third kappa shape index (κ3) is 2.23. The topological polar surface area (TPSA) is 50.3 Å². The average molecular weight is 308 g/mol. The summed E-state index contributed by atoms with van der Waals surface area (Å²) in [4.78, 5) is 29.9. The van der Waals surface area contributed by atoms with Gasteiger partial charge in [0.05, 0.1) is 22.5 Å². The quantitative estimate of drug-likeness (QED) is 0.819. The highest BCUT2D eigenvalue weighted by Crippen LogP contribution is 2.33. The highest BCUT2D eigenvalue weighted by atomic mass is 32.1. The van der Waals surface area contributed by atoms with Crippen LogP contribution < -0.4 is 4.90 Å². The number of thiazole rings is 1. The van der Waals surface area contributed by atoms with Crippen molar-refractivity contribution in [3.63, 3.8) is 0 Å². The van der Waals surface area contributed by atoms with Crippen molar-refractivity contribution in [2.45, 2.75) is 13.3 Å². The number of hydrogen-bond acceptors (Lipinski definition) is 4. The number of carbonyl (C=O) groups excluding carboxylic acids is 2. The third-order valence-electron chi connectivity index (χ3n) is 3.39. The van der Waals surface area contributed by atoms with Crippen LogP contribution in [0.4, 0.5) is 14.5 Å². The monoisotopic (exact) mass is 308 g/mol. The fraction of sp³-hybridized carbons (Fsp3) is 0.214. The Morgan fingerprint density at radius 1 is 1.29 bits per heavy atom. The Morgan fingerprint density at radius 3 is 2.71 bits per heavy atom. The van der Waals surface area contributed by atoms with Crippen LogP contribution in [-0.2, 0) is 11.2 Å². The smallest absolute Gasteiger partial charge is 0.299 e. The summed E-state index contributed by atoms with van der Waals surface area (Å²) in [7, 11) is 0. The van der Waals surface area contributed by atoms with Crippen molar-refractivity contribution >= 4 is 28.7 Å². The summed E-state index contributed by atoms with van der Waals surface area (Å²) in [5, 5.41) is 0. The standard InChI is InChI=1S/C14H10F2N2O2S/c1-7-11(21-6-17-7)2-3-18-12-9(13(19)14(18)20)4-8(15)5-10(12)16/h4-6H,2-3H2,1H3. The minimum Gasteiger partial charge on any atom is -0.302 e. The van der Waals surface area contributed by atoms with Crippen molar-refractivity contribution in [3.8, 4) is 0 Å². The number of amides is 1. The number of nitrogens with zero attached hydrogens (tertiary/aromatic N) is 2. The highest BCUT2D eigenvalue weighted by Gasteiger charge is 2.38. The summed E-state index contributed by atoms with van der Waals surface area (Å²) in [6, 6.07) is 1.58. The molecule has 2 heterocycles. The zero-order valence-corrected chi connectivity index (χ0v) is 11.8. The molecule has 1 aromatic heterocycles. The molecule has 1 aliphatic rings. The van der Waals surface area contributed by atoms with Gasteiger partial charge in [-0.05, 0) is 13.0 Å². The van der Waals surface area contributed by atoms with Crippen molar-refractivity contribution in [2.75, 3.05) is 11.4 Å². The summed E-state index contributed by atoms with van der Waals surface area (Å²) in [5.41, 5.74) is 2.19. The molecule has 0 aliphatic carbocycles. The molecule has 0 N–H and O–H groups in total. The van der Waals surface area contributed by atoms with E-state index in [1.807, 2.05) is 6.92 Å². The van der Waals surface area contributed by atoms with E-state index < -0.39 is 23.3 Å². The van der Waals surface area contributed by atoms with Crippen molar-refractivity contribution in [3.05, 3.63) is 45.4 Å². The number of anilines is 1. The number of halogens is 2. The van der Waals surface area contributed by atoms with E-state index in [0.717, 1.165) is 21.5 Å². The number of aromatic nitrogens is 1. The molecule has 0 unspecified atom stereocenters. The van der Waals surface area contributed by atoms with E-state index in [1.54, 1.807) is 5.51 Å². The lowest BCUT2D eigenvalue weighted by atomic mass is 10.1. The Morgan fingerprint density at radius 2 is 2.05 bits per heavy atom. The predicted octanol–water partition coefficient (Wildman–Crippen LogP) is 2.50. The molecule has 21 heavy (non-hydrogen) atoms. The van der Waals surface area contributed by atoms with E-state index in [0.29, 0.717) is 12.5 Å². The van der Waals surface area contributed by atoms with Gasteiger partial charge in [-0.25, -0.2) is 13.8 Å². The first-order valence-electron chi connectivity index (χ1n) is 6.23. The minimum absolute atomic E-state index is 0.131. The molecule has 3 rings (SSSR count). The molecule has 1 aromatic carbocycles. The first-order valence-corrected chi connectivity index (χ1v) is 7.11. The lowest BCUT2D eigenvalue weighted by Gasteiger charge is -2.16. The van der Waals surface area contributed by atoms with E-state index in [9.17, 15) is 18.4 Å². The normalized spacial score (nSPS) is 14.0. The second-order valence-corrected chi connectivity index (χ2v) is 5.62. The Kier molecular flexibility index (Phi) is 3.29. The first kappa shape index (κ1) is 13.8. The zero-order valence-electron chi connectivity index (χ0n) is 11.0. The maximum atomic E-state index is 13.9. The van der Waals surface area contributed by atoms with Crippen LogP contribution in [0.25, 0.3) is 0 Å². The molecule has 0 atom stereocenters. The Balaban J connectivity index is 1.93. The number of rotatable bonds is 3. The summed E-state index contributed by atoms with van der Waals surface area (Å²) in [5.74, 6) is -3.46. The predicted molar refractivity (Wildman–Crippen MR) is 73.6 cm³/mol. The zero-order chi connectivity index (χ0) is 15.1. The fourth-order valence-corrected chi connectivity index (χ4v) is 3.12. The Bertz CT molecular complexity index is 757. The van der Waals surface area contributed by atoms with Crippen molar-refractivity contribution in [2.24, 2.45) is 0 Å². The molecule has 0 saturated heterocycles. The SMILES string of the molecule is Cc1ncsc1CCN1C(=O)C(=O)c2cc(F)cc(F)c21. The van der Waals surface area contributed by atoms with E-state index in [1.165, 1.54) is 11.3 Å². The van der Waals surface area contributed by atoms with Crippen LogP contribution in [0.5, 0.6) is 0 Å². The van der Waals surface area contributed by atoms with Gasteiger partial charge in [0.2, 0.25) is 0 Å². The molecule has 0 bridgehead atoms. The maximum absolute atomic E-state index is 13.9. The number of Topliss-reactive ketones (excluding diaryl/α,β-unsaturated/α-hetero) is 1. The summed E-state index contributed by atoms with van der Waals surface area (Å²) in [6.45, 7) is 2.00. The van der Waals surface area contributed by atoms with E-state index in [-0.39, 0.29) is 17.8 Å². The van der Waals surface area contributed by atoms with Crippen LogP contribution in [0.3, 0.4) is 0 Å². The summed E-state index contributed by atoms with van der Waals surface area (Å²) < 4.78 is 27.1. The molecular weight excluding hydrogens is 298 g/mol. The summed E-state index contributed by atoms with van der Waals surface area (Å²) in [6.07, 6.45) is 0.464. The number of ketones is 1. The van der Waals surface area contributed by atoms with Gasteiger partial charge in [0.15, 0.2) is 5.82 Å². The van der Waals surface area contributed by atoms with Crippen LogP contribution in [0.2, 0.25) is 0 Å². The van der Waals surface area contributed by atoms with Crippen LogP contribution in [-0.4, -0.2) is 23.2 Å². The molecule has 0 spiro atoms. The number of benzene rings is 1. The molecule has 1 amide bonds. The van der Waals surface area contributed by atoms with Gasteiger partial charge >= 0.3 is 0 Å². The Hall–Kier alpha value is -2.15. The lowest BCUT2D eigenvalue weighted by Crippen LogP contribution is -2.32. The van der Waals surface area contributed by atoms with Crippen molar-refractivity contribution < 1.29 is 18.4 Å². The Labute approximate surface area is 123 Å². The van der Waals surface area contributed by atoms with Crippen molar-refractivity contribution in [1.29, 1.82) is 0 Å². The minimum atomic E-state index is -0.898. The van der Waals surface area contributed by atoms with Gasteiger partial charge in [0.25, 0.3) is 11.7 Å². The highest BCUT2D eigenvalue weighted by molar-refractivity contribution is 7.09. The molecule has 2 aromatic rings. The van der Waals surface area contributed by atoms with Gasteiger partial charge in [0.1, 0.15) is 5.82 Å². The number of hydrogen-bond donors (Lipinski definition) is 0. The van der Waals surface area contributed by atoms with Crippen LogP contribution in [0.1, 0.15) is 20.9 Å². The fourth-order valence-electron chi connectivity index (χ4n) is 2.35. The maximum Gasteiger partial charge on any atom is 0.299 e. The van der Waals surface area contributed by atoms with Crippen molar-refractivity contribution in [1.82, 2.24) is 4.98 Å². The van der Waals surface area contributed by atoms with E-state index >= 15 is 0 Å². The summed E-state index contributed by atoms with van der Waals surface area (Å²) >= 11 is 1.44. The van der Waals surface area contributed by atoms with Gasteiger partial charge < -0.3 is 4.90 Å². The molecule has 4 nitrogen and oxygen atoms in total. The second-order valence-electron chi connectivity index (χ2n) is 4.68. The first-order chi connectivity index (χ1) is 9.99. The number of aryl methyl sites for hydroxylation is 1. The van der Waals surface area contributed by atoms with E-state index in [2.05, 4.69) is 4.98 Å². The van der Waals surface area contributed by atoms with Gasteiger partial charge in [-0.1, -0.05) is 0 Å². The molecule has 0 fully saturated rings. The van der Waals surface area contributed by atoms with E-state index in [4.69, 9.17) is 0 Å². The van der Waals surface area contributed by atoms with Crippen LogP contribution in [0.15, 0.2) is 17.6 Å². The second kappa shape index (κ2) is 5.00. The van der Waals surface area contributed by atoms with Gasteiger partial charge in [-0.2, -0.15) is 0 Å². The molecule has 7 heteroatoms. The van der Waals surface area contributed by atoms with Crippen LogP contribution >= 0.6 is 11.3 Å².